The van der Waals surface area contributed by atoms with Gasteiger partial charge in [-0.2, -0.15) is 13.2 Å². The Morgan fingerprint density at radius 2 is 1.91 bits per heavy atom. The standard InChI is InChI=1S/C22H19F4N5O3S/c1-4-14-11(17-18(27-14)30(2)21(34)31(3)19(17)33)8-16(32)29-20-28-15(9-35-20)10-5-6-12(13(23)7-10)22(24,25)26/h5-7,9,14H,4,8H2,1-3H3,(H,28,29,32). The molecule has 1 aliphatic rings. The number of rotatable bonds is 5. The van der Waals surface area contributed by atoms with Gasteiger partial charge in [-0.15, -0.1) is 11.3 Å². The van der Waals surface area contributed by atoms with Crippen molar-refractivity contribution in [3.63, 3.8) is 0 Å². The Hall–Kier alpha value is -3.61. The van der Waals surface area contributed by atoms with Crippen molar-refractivity contribution in [2.24, 2.45) is 19.1 Å². The van der Waals surface area contributed by atoms with Crippen LogP contribution in [0.25, 0.3) is 16.8 Å². The number of hydrogen-bond acceptors (Lipinski definition) is 6. The summed E-state index contributed by atoms with van der Waals surface area (Å²) in [5, 5.41) is 4.45. The average Bonchev–Trinajstić information content (AvgIpc) is 3.40. The topological polar surface area (TPSA) is 98.4 Å². The van der Waals surface area contributed by atoms with E-state index < -0.39 is 40.8 Å². The number of amides is 1. The van der Waals surface area contributed by atoms with E-state index in [1.54, 1.807) is 0 Å². The van der Waals surface area contributed by atoms with Crippen LogP contribution in [0.2, 0.25) is 0 Å². The van der Waals surface area contributed by atoms with Gasteiger partial charge >= 0.3 is 11.9 Å². The molecule has 8 nitrogen and oxygen atoms in total. The van der Waals surface area contributed by atoms with Gasteiger partial charge in [-0.3, -0.25) is 23.7 Å². The molecule has 1 aliphatic heterocycles. The van der Waals surface area contributed by atoms with Crippen molar-refractivity contribution in [3.05, 3.63) is 66.5 Å². The fraction of sp³-hybridized carbons (Fsp3) is 0.318. The van der Waals surface area contributed by atoms with Gasteiger partial charge in [0.2, 0.25) is 5.91 Å². The molecule has 3 heterocycles. The van der Waals surface area contributed by atoms with Gasteiger partial charge in [0, 0.05) is 25.0 Å². The lowest BCUT2D eigenvalue weighted by Crippen LogP contribution is -2.56. The first-order valence-electron chi connectivity index (χ1n) is 10.4. The number of benzene rings is 1. The first kappa shape index (κ1) is 24.5. The van der Waals surface area contributed by atoms with Crippen LogP contribution in [0.15, 0.2) is 38.2 Å². The third-order valence-electron chi connectivity index (χ3n) is 5.69. The molecule has 0 fully saturated rings. The smallest absolute Gasteiger partial charge is 0.302 e. The summed E-state index contributed by atoms with van der Waals surface area (Å²) in [5.41, 5.74) is -1.40. The van der Waals surface area contributed by atoms with Crippen molar-refractivity contribution in [1.29, 1.82) is 0 Å². The molecule has 1 unspecified atom stereocenters. The summed E-state index contributed by atoms with van der Waals surface area (Å²) in [6.45, 7) is 1.84. The largest absolute Gasteiger partial charge is 0.419 e. The molecule has 3 aromatic rings. The Labute approximate surface area is 198 Å². The van der Waals surface area contributed by atoms with Crippen LogP contribution in [-0.4, -0.2) is 26.1 Å². The Balaban J connectivity index is 1.60. The lowest BCUT2D eigenvalue weighted by molar-refractivity contribution is -0.140. The number of carbonyl (C=O) groups excluding carboxylic acids is 1. The van der Waals surface area contributed by atoms with Crippen molar-refractivity contribution in [2.45, 2.75) is 32.0 Å². The number of anilines is 1. The highest BCUT2D eigenvalue weighted by Crippen LogP contribution is 2.34. The van der Waals surface area contributed by atoms with E-state index in [0.29, 0.717) is 18.1 Å². The van der Waals surface area contributed by atoms with E-state index in [1.807, 2.05) is 6.92 Å². The summed E-state index contributed by atoms with van der Waals surface area (Å²) in [5.74, 6) is -1.91. The van der Waals surface area contributed by atoms with Gasteiger partial charge < -0.3 is 5.32 Å². The molecule has 0 radical (unpaired) electrons. The fourth-order valence-electron chi connectivity index (χ4n) is 3.91. The van der Waals surface area contributed by atoms with Gasteiger partial charge in [-0.25, -0.2) is 14.2 Å². The van der Waals surface area contributed by atoms with Crippen LogP contribution in [-0.2, 0) is 25.1 Å². The number of nitrogens with zero attached hydrogens (tertiary/aromatic N) is 4. The average molecular weight is 509 g/mol. The van der Waals surface area contributed by atoms with E-state index >= 15 is 0 Å². The molecule has 1 aromatic carbocycles. The second-order valence-electron chi connectivity index (χ2n) is 7.94. The molecule has 0 saturated carbocycles. The predicted octanol–water partition coefficient (Wildman–Crippen LogP) is 1.96. The summed E-state index contributed by atoms with van der Waals surface area (Å²) in [6, 6.07) is 2.03. The normalized spacial score (nSPS) is 15.2. The van der Waals surface area contributed by atoms with Gasteiger partial charge in [0.05, 0.1) is 28.9 Å². The molecule has 1 atom stereocenters. The molecule has 2 aromatic heterocycles. The van der Waals surface area contributed by atoms with Gasteiger partial charge in [0.25, 0.3) is 5.56 Å². The lowest BCUT2D eigenvalue weighted by Gasteiger charge is -2.10. The summed E-state index contributed by atoms with van der Waals surface area (Å²) in [6.07, 6.45) is -4.47. The van der Waals surface area contributed by atoms with E-state index in [2.05, 4.69) is 15.3 Å². The van der Waals surface area contributed by atoms with Gasteiger partial charge in [0.1, 0.15) is 11.3 Å². The minimum Gasteiger partial charge on any atom is -0.302 e. The molecule has 13 heteroatoms. The molecular weight excluding hydrogens is 490 g/mol. The number of hydrogen-bond donors (Lipinski definition) is 1. The molecular formula is C22H19F4N5O3S. The fourth-order valence-corrected chi connectivity index (χ4v) is 4.64. The maximum atomic E-state index is 13.9. The van der Waals surface area contributed by atoms with Gasteiger partial charge in [-0.05, 0) is 24.1 Å². The highest BCUT2D eigenvalue weighted by molar-refractivity contribution is 7.14. The minimum atomic E-state index is -4.81. The first-order valence-corrected chi connectivity index (χ1v) is 11.3. The molecule has 184 valence electrons. The van der Waals surface area contributed by atoms with Crippen LogP contribution in [0, 0.1) is 5.82 Å². The summed E-state index contributed by atoms with van der Waals surface area (Å²) < 4.78 is 54.5. The Bertz CT molecular complexity index is 1590. The lowest BCUT2D eigenvalue weighted by atomic mass is 10.0. The summed E-state index contributed by atoms with van der Waals surface area (Å²) >= 11 is 1.02. The van der Waals surface area contributed by atoms with E-state index in [4.69, 9.17) is 0 Å². The zero-order chi connectivity index (χ0) is 25.7. The molecule has 1 amide bonds. The number of nitrogens with one attached hydrogen (secondary N) is 1. The first-order chi connectivity index (χ1) is 16.4. The Morgan fingerprint density at radius 3 is 2.54 bits per heavy atom. The van der Waals surface area contributed by atoms with Crippen LogP contribution in [0.4, 0.5) is 22.7 Å². The number of aromatic nitrogens is 3. The van der Waals surface area contributed by atoms with E-state index in [-0.39, 0.29) is 33.5 Å². The van der Waals surface area contributed by atoms with Gasteiger partial charge in [-0.1, -0.05) is 13.0 Å². The van der Waals surface area contributed by atoms with Crippen molar-refractivity contribution in [1.82, 2.24) is 14.1 Å². The predicted molar refractivity (Wildman–Crippen MR) is 121 cm³/mol. The molecule has 1 N–H and O–H groups in total. The van der Waals surface area contributed by atoms with Crippen molar-refractivity contribution >= 4 is 27.9 Å². The maximum Gasteiger partial charge on any atom is 0.419 e. The van der Waals surface area contributed by atoms with Crippen LogP contribution in [0.3, 0.4) is 0 Å². The second-order valence-corrected chi connectivity index (χ2v) is 8.80. The number of thiazole rings is 1. The quantitative estimate of drug-likeness (QED) is 0.532. The van der Waals surface area contributed by atoms with Crippen molar-refractivity contribution in [3.8, 4) is 11.3 Å². The van der Waals surface area contributed by atoms with Crippen molar-refractivity contribution < 1.29 is 22.4 Å². The second kappa shape index (κ2) is 8.87. The van der Waals surface area contributed by atoms with Crippen LogP contribution < -0.4 is 27.3 Å². The van der Waals surface area contributed by atoms with Crippen LogP contribution in [0.1, 0.15) is 25.3 Å². The summed E-state index contributed by atoms with van der Waals surface area (Å²) in [7, 11) is 2.85. The van der Waals surface area contributed by atoms with E-state index in [1.165, 1.54) is 24.0 Å². The zero-order valence-corrected chi connectivity index (χ0v) is 19.6. The van der Waals surface area contributed by atoms with Crippen LogP contribution >= 0.6 is 11.3 Å². The molecule has 0 saturated heterocycles. The number of alkyl halides is 3. The minimum absolute atomic E-state index is 0.126. The monoisotopic (exact) mass is 509 g/mol. The third-order valence-corrected chi connectivity index (χ3v) is 6.45. The molecule has 0 spiro atoms. The number of carbonyl (C=O) groups is 1. The third kappa shape index (κ3) is 4.43. The zero-order valence-electron chi connectivity index (χ0n) is 18.7. The Kier molecular flexibility index (Phi) is 6.21. The number of fused-ring (bicyclic) bond motifs is 1. The Morgan fingerprint density at radius 1 is 1.20 bits per heavy atom. The SMILES string of the molecule is CCC1N=c2c(c(=O)n(C)c(=O)n2C)=C1CC(=O)Nc1nc(-c2ccc(C(F)(F)F)c(F)c2)cs1. The van der Waals surface area contributed by atoms with E-state index in [0.717, 1.165) is 28.0 Å². The highest BCUT2D eigenvalue weighted by Gasteiger charge is 2.34. The maximum absolute atomic E-state index is 13.9. The van der Waals surface area contributed by atoms with E-state index in [9.17, 15) is 31.9 Å². The molecule has 4 rings (SSSR count). The number of halogens is 4. The molecule has 35 heavy (non-hydrogen) atoms. The van der Waals surface area contributed by atoms with Gasteiger partial charge in [0.15, 0.2) is 5.13 Å². The van der Waals surface area contributed by atoms with Crippen molar-refractivity contribution in [2.75, 3.05) is 5.32 Å². The summed E-state index contributed by atoms with van der Waals surface area (Å²) in [4.78, 5) is 46.3. The highest BCUT2D eigenvalue weighted by atomic mass is 32.1. The molecule has 0 aliphatic carbocycles. The van der Waals surface area contributed by atoms with Crippen LogP contribution in [0.5, 0.6) is 0 Å². The molecule has 0 bridgehead atoms.